The normalized spacial score (nSPS) is 10.6. The smallest absolute Gasteiger partial charge is 0.248 e. The summed E-state index contributed by atoms with van der Waals surface area (Å²) in [4.78, 5) is 0. The standard InChI is InChI=1S/C16H13ClN2O2/c1-2-20-14-8-4-6-12(10-14)16-19-18-15(21-16)11-5-3-7-13(17)9-11/h3-10H,2H2,1H3. The minimum absolute atomic E-state index is 0.439. The predicted molar refractivity (Wildman–Crippen MR) is 81.3 cm³/mol. The second kappa shape index (κ2) is 5.97. The fourth-order valence-electron chi connectivity index (χ4n) is 1.96. The van der Waals surface area contributed by atoms with Gasteiger partial charge in [0, 0.05) is 16.1 Å². The zero-order valence-corrected chi connectivity index (χ0v) is 12.2. The Kier molecular flexibility index (Phi) is 3.88. The molecule has 0 N–H and O–H groups in total. The van der Waals surface area contributed by atoms with Crippen molar-refractivity contribution in [2.24, 2.45) is 0 Å². The lowest BCUT2D eigenvalue weighted by atomic mass is 10.2. The van der Waals surface area contributed by atoms with Crippen LogP contribution in [0.3, 0.4) is 0 Å². The van der Waals surface area contributed by atoms with Gasteiger partial charge in [0.2, 0.25) is 11.8 Å². The molecule has 4 nitrogen and oxygen atoms in total. The highest BCUT2D eigenvalue weighted by Gasteiger charge is 2.11. The van der Waals surface area contributed by atoms with Crippen LogP contribution in [0.4, 0.5) is 0 Å². The van der Waals surface area contributed by atoms with Gasteiger partial charge in [0.15, 0.2) is 0 Å². The molecule has 2 aromatic carbocycles. The maximum atomic E-state index is 5.97. The molecule has 0 bridgehead atoms. The lowest BCUT2D eigenvalue weighted by Crippen LogP contribution is -1.91. The Balaban J connectivity index is 1.93. The Morgan fingerprint density at radius 2 is 1.67 bits per heavy atom. The maximum Gasteiger partial charge on any atom is 0.248 e. The lowest BCUT2D eigenvalue weighted by molar-refractivity contribution is 0.340. The van der Waals surface area contributed by atoms with Gasteiger partial charge in [0.25, 0.3) is 0 Å². The summed E-state index contributed by atoms with van der Waals surface area (Å²) in [5, 5.41) is 8.77. The topological polar surface area (TPSA) is 48.2 Å². The first kappa shape index (κ1) is 13.6. The number of hydrogen-bond acceptors (Lipinski definition) is 4. The highest BCUT2D eigenvalue weighted by Crippen LogP contribution is 2.27. The van der Waals surface area contributed by atoms with Gasteiger partial charge in [-0.1, -0.05) is 23.7 Å². The number of nitrogens with zero attached hydrogens (tertiary/aromatic N) is 2. The average Bonchev–Trinajstić information content (AvgIpc) is 2.98. The van der Waals surface area contributed by atoms with Crippen LogP contribution in [-0.4, -0.2) is 16.8 Å². The van der Waals surface area contributed by atoms with Crippen molar-refractivity contribution < 1.29 is 9.15 Å². The van der Waals surface area contributed by atoms with Gasteiger partial charge in [-0.2, -0.15) is 0 Å². The third-order valence-electron chi connectivity index (χ3n) is 2.89. The van der Waals surface area contributed by atoms with Gasteiger partial charge in [0.1, 0.15) is 5.75 Å². The van der Waals surface area contributed by atoms with Crippen LogP contribution >= 0.6 is 11.6 Å². The van der Waals surface area contributed by atoms with Gasteiger partial charge in [-0.15, -0.1) is 10.2 Å². The molecule has 0 unspecified atom stereocenters. The van der Waals surface area contributed by atoms with Crippen molar-refractivity contribution in [3.63, 3.8) is 0 Å². The van der Waals surface area contributed by atoms with Crippen molar-refractivity contribution in [1.82, 2.24) is 10.2 Å². The van der Waals surface area contributed by atoms with Crippen LogP contribution in [0.5, 0.6) is 5.75 Å². The molecule has 3 rings (SSSR count). The van der Waals surface area contributed by atoms with Gasteiger partial charge >= 0.3 is 0 Å². The van der Waals surface area contributed by atoms with Crippen molar-refractivity contribution in [3.05, 3.63) is 53.6 Å². The van der Waals surface area contributed by atoms with E-state index in [2.05, 4.69) is 10.2 Å². The van der Waals surface area contributed by atoms with E-state index in [0.29, 0.717) is 23.4 Å². The second-order valence-corrected chi connectivity index (χ2v) is 4.82. The molecule has 0 radical (unpaired) electrons. The fourth-order valence-corrected chi connectivity index (χ4v) is 2.15. The molecular weight excluding hydrogens is 288 g/mol. The number of halogens is 1. The third kappa shape index (κ3) is 3.06. The van der Waals surface area contributed by atoms with Gasteiger partial charge in [-0.3, -0.25) is 0 Å². The molecule has 0 aliphatic carbocycles. The van der Waals surface area contributed by atoms with E-state index < -0.39 is 0 Å². The molecule has 0 amide bonds. The molecule has 106 valence electrons. The van der Waals surface area contributed by atoms with Gasteiger partial charge in [-0.05, 0) is 43.3 Å². The highest BCUT2D eigenvalue weighted by molar-refractivity contribution is 6.30. The minimum Gasteiger partial charge on any atom is -0.494 e. The molecule has 0 saturated heterocycles. The van der Waals surface area contributed by atoms with E-state index in [1.807, 2.05) is 43.3 Å². The Labute approximate surface area is 127 Å². The first-order valence-corrected chi connectivity index (χ1v) is 6.97. The van der Waals surface area contributed by atoms with Gasteiger partial charge in [-0.25, -0.2) is 0 Å². The SMILES string of the molecule is CCOc1cccc(-c2nnc(-c3cccc(Cl)c3)o2)c1. The lowest BCUT2D eigenvalue weighted by Gasteiger charge is -2.03. The Morgan fingerprint density at radius 3 is 2.33 bits per heavy atom. The number of ether oxygens (including phenoxy) is 1. The van der Waals surface area contributed by atoms with Crippen LogP contribution < -0.4 is 4.74 Å². The summed E-state index contributed by atoms with van der Waals surface area (Å²) in [6.07, 6.45) is 0. The van der Waals surface area contributed by atoms with E-state index in [9.17, 15) is 0 Å². The van der Waals surface area contributed by atoms with Crippen molar-refractivity contribution in [3.8, 4) is 28.7 Å². The predicted octanol–water partition coefficient (Wildman–Crippen LogP) is 4.46. The third-order valence-corrected chi connectivity index (χ3v) is 3.12. The molecule has 0 atom stereocenters. The summed E-state index contributed by atoms with van der Waals surface area (Å²) in [5.74, 6) is 1.67. The number of aromatic nitrogens is 2. The van der Waals surface area contributed by atoms with Crippen LogP contribution in [0.15, 0.2) is 52.9 Å². The van der Waals surface area contributed by atoms with Crippen LogP contribution in [-0.2, 0) is 0 Å². The second-order valence-electron chi connectivity index (χ2n) is 4.38. The summed E-state index contributed by atoms with van der Waals surface area (Å²) in [7, 11) is 0. The van der Waals surface area contributed by atoms with Gasteiger partial charge < -0.3 is 9.15 Å². The van der Waals surface area contributed by atoms with E-state index in [-0.39, 0.29) is 0 Å². The summed E-state index contributed by atoms with van der Waals surface area (Å²) in [6, 6.07) is 14.9. The average molecular weight is 301 g/mol. The van der Waals surface area contributed by atoms with Crippen molar-refractivity contribution in [2.75, 3.05) is 6.61 Å². The highest BCUT2D eigenvalue weighted by atomic mass is 35.5. The summed E-state index contributed by atoms with van der Waals surface area (Å²) < 4.78 is 11.2. The first-order valence-electron chi connectivity index (χ1n) is 6.59. The molecule has 1 aromatic heterocycles. The first-order chi connectivity index (χ1) is 10.3. The van der Waals surface area contributed by atoms with E-state index >= 15 is 0 Å². The Bertz CT molecular complexity index is 755. The summed E-state index contributed by atoms with van der Waals surface area (Å²) >= 11 is 5.97. The van der Waals surface area contributed by atoms with E-state index in [0.717, 1.165) is 16.9 Å². The zero-order chi connectivity index (χ0) is 14.7. The van der Waals surface area contributed by atoms with E-state index in [4.69, 9.17) is 20.8 Å². The number of rotatable bonds is 4. The molecule has 3 aromatic rings. The Morgan fingerprint density at radius 1 is 1.00 bits per heavy atom. The van der Waals surface area contributed by atoms with Gasteiger partial charge in [0.05, 0.1) is 6.61 Å². The van der Waals surface area contributed by atoms with Crippen LogP contribution in [0.25, 0.3) is 22.9 Å². The summed E-state index contributed by atoms with van der Waals surface area (Å²) in [5.41, 5.74) is 1.61. The van der Waals surface area contributed by atoms with Crippen LogP contribution in [0.2, 0.25) is 5.02 Å². The number of benzene rings is 2. The molecule has 0 spiro atoms. The summed E-state index contributed by atoms with van der Waals surface area (Å²) in [6.45, 7) is 2.55. The largest absolute Gasteiger partial charge is 0.494 e. The Hall–Kier alpha value is -2.33. The van der Waals surface area contributed by atoms with Crippen molar-refractivity contribution in [1.29, 1.82) is 0 Å². The molecule has 21 heavy (non-hydrogen) atoms. The van der Waals surface area contributed by atoms with Crippen LogP contribution in [0, 0.1) is 0 Å². The zero-order valence-electron chi connectivity index (χ0n) is 11.4. The molecule has 0 fully saturated rings. The molecule has 0 aliphatic rings. The fraction of sp³-hybridized carbons (Fsp3) is 0.125. The van der Waals surface area contributed by atoms with E-state index in [1.165, 1.54) is 0 Å². The molecule has 5 heteroatoms. The molecule has 0 saturated carbocycles. The molecular formula is C16H13ClN2O2. The molecule has 1 heterocycles. The monoisotopic (exact) mass is 300 g/mol. The quantitative estimate of drug-likeness (QED) is 0.714. The maximum absolute atomic E-state index is 5.97. The van der Waals surface area contributed by atoms with Crippen LogP contribution in [0.1, 0.15) is 6.92 Å². The van der Waals surface area contributed by atoms with Crippen molar-refractivity contribution >= 4 is 11.6 Å². The van der Waals surface area contributed by atoms with E-state index in [1.54, 1.807) is 12.1 Å². The minimum atomic E-state index is 0.439. The molecule has 0 aliphatic heterocycles. The van der Waals surface area contributed by atoms with Crippen molar-refractivity contribution in [2.45, 2.75) is 6.92 Å². The number of hydrogen-bond donors (Lipinski definition) is 0.